The van der Waals surface area contributed by atoms with Crippen LogP contribution in [-0.4, -0.2) is 5.91 Å². The van der Waals surface area contributed by atoms with Crippen LogP contribution in [0.25, 0.3) is 0 Å². The van der Waals surface area contributed by atoms with E-state index in [9.17, 15) is 4.79 Å². The lowest BCUT2D eigenvalue weighted by Gasteiger charge is -2.25. The van der Waals surface area contributed by atoms with Gasteiger partial charge in [0.2, 0.25) is 5.91 Å². The summed E-state index contributed by atoms with van der Waals surface area (Å²) >= 11 is 0. The smallest absolute Gasteiger partial charge is 0.224 e. The molecule has 86 valence electrons. The minimum absolute atomic E-state index is 0.0648. The van der Waals surface area contributed by atoms with Gasteiger partial charge in [-0.2, -0.15) is 0 Å². The minimum Gasteiger partial charge on any atom is -0.369 e. The number of nitrogens with two attached hydrogens (primary N) is 1. The molecule has 0 unspecified atom stereocenters. The fraction of sp³-hybridized carbons (Fsp3) is 0.769. The quantitative estimate of drug-likeness (QED) is 0.711. The Morgan fingerprint density at radius 1 is 1.53 bits per heavy atom. The second kappa shape index (κ2) is 5.34. The van der Waals surface area contributed by atoms with Gasteiger partial charge in [0.25, 0.3) is 0 Å². The highest BCUT2D eigenvalue weighted by atomic mass is 16.1. The number of allylic oxidation sites excluding steroid dienone is 1. The molecule has 2 nitrogen and oxygen atoms in total. The third-order valence-corrected chi connectivity index (χ3v) is 3.34. The SMILES string of the molecule is CC(C)C[C@@H]1CC=C([C@@H](C)C(N)=O)CC1. The van der Waals surface area contributed by atoms with Crippen LogP contribution in [0.3, 0.4) is 0 Å². The highest BCUT2D eigenvalue weighted by Crippen LogP contribution is 2.31. The molecule has 1 rings (SSSR count). The van der Waals surface area contributed by atoms with Crippen molar-refractivity contribution in [3.05, 3.63) is 11.6 Å². The summed E-state index contributed by atoms with van der Waals surface area (Å²) in [6, 6.07) is 0. The zero-order valence-electron chi connectivity index (χ0n) is 10.1. The third-order valence-electron chi connectivity index (χ3n) is 3.34. The Morgan fingerprint density at radius 2 is 2.20 bits per heavy atom. The molecular weight excluding hydrogens is 186 g/mol. The standard InChI is InChI=1S/C13H23NO/c1-9(2)8-11-4-6-12(7-5-11)10(3)13(14)15/h6,9-11H,4-5,7-8H2,1-3H3,(H2,14,15)/t10-,11-/m1/s1. The van der Waals surface area contributed by atoms with Gasteiger partial charge in [0.1, 0.15) is 0 Å². The van der Waals surface area contributed by atoms with E-state index in [1.165, 1.54) is 18.4 Å². The van der Waals surface area contributed by atoms with Gasteiger partial charge in [0.05, 0.1) is 5.92 Å². The number of amides is 1. The Morgan fingerprint density at radius 3 is 2.60 bits per heavy atom. The molecule has 0 radical (unpaired) electrons. The first kappa shape index (κ1) is 12.3. The third kappa shape index (κ3) is 3.69. The lowest BCUT2D eigenvalue weighted by atomic mass is 9.81. The van der Waals surface area contributed by atoms with Crippen LogP contribution in [0.4, 0.5) is 0 Å². The average molecular weight is 209 g/mol. The molecule has 1 aliphatic carbocycles. The van der Waals surface area contributed by atoms with Gasteiger partial charge in [-0.3, -0.25) is 4.79 Å². The molecule has 15 heavy (non-hydrogen) atoms. The maximum atomic E-state index is 11.0. The maximum absolute atomic E-state index is 11.0. The molecule has 0 spiro atoms. The van der Waals surface area contributed by atoms with E-state index in [-0.39, 0.29) is 11.8 Å². The summed E-state index contributed by atoms with van der Waals surface area (Å²) in [5.41, 5.74) is 6.55. The van der Waals surface area contributed by atoms with Crippen molar-refractivity contribution in [2.75, 3.05) is 0 Å². The van der Waals surface area contributed by atoms with E-state index in [0.29, 0.717) is 0 Å². The molecule has 0 aromatic heterocycles. The number of primary amides is 1. The van der Waals surface area contributed by atoms with Crippen LogP contribution in [-0.2, 0) is 4.79 Å². The summed E-state index contributed by atoms with van der Waals surface area (Å²) in [5.74, 6) is 1.33. The second-order valence-corrected chi connectivity index (χ2v) is 5.17. The summed E-state index contributed by atoms with van der Waals surface area (Å²) in [4.78, 5) is 11.0. The normalized spacial score (nSPS) is 23.7. The van der Waals surface area contributed by atoms with Crippen LogP contribution in [0, 0.1) is 17.8 Å². The Labute approximate surface area is 92.9 Å². The van der Waals surface area contributed by atoms with Crippen LogP contribution in [0.1, 0.15) is 46.5 Å². The van der Waals surface area contributed by atoms with Gasteiger partial charge in [-0.15, -0.1) is 0 Å². The first-order chi connectivity index (χ1) is 7.00. The number of hydrogen-bond acceptors (Lipinski definition) is 1. The zero-order chi connectivity index (χ0) is 11.4. The van der Waals surface area contributed by atoms with E-state index in [1.54, 1.807) is 0 Å². The monoisotopic (exact) mass is 209 g/mol. The molecule has 0 bridgehead atoms. The molecule has 0 saturated carbocycles. The average Bonchev–Trinajstić information content (AvgIpc) is 2.17. The number of carbonyl (C=O) groups is 1. The van der Waals surface area contributed by atoms with Gasteiger partial charge >= 0.3 is 0 Å². The molecule has 0 aromatic carbocycles. The van der Waals surface area contributed by atoms with Crippen molar-refractivity contribution in [2.45, 2.75) is 46.5 Å². The molecule has 2 atom stereocenters. The van der Waals surface area contributed by atoms with Crippen molar-refractivity contribution >= 4 is 5.91 Å². The first-order valence-corrected chi connectivity index (χ1v) is 5.99. The van der Waals surface area contributed by atoms with Crippen molar-refractivity contribution in [1.82, 2.24) is 0 Å². The molecule has 1 aliphatic rings. The predicted octanol–water partition coefficient (Wildman–Crippen LogP) is 2.88. The number of rotatable bonds is 4. The summed E-state index contributed by atoms with van der Waals surface area (Å²) in [6.07, 6.45) is 6.95. The molecule has 1 amide bonds. The molecule has 0 aromatic rings. The maximum Gasteiger partial charge on any atom is 0.224 e. The molecular formula is C13H23NO. The molecule has 2 heteroatoms. The van der Waals surface area contributed by atoms with Crippen LogP contribution in [0.15, 0.2) is 11.6 Å². The Bertz CT molecular complexity index is 255. The Balaban J connectivity index is 2.48. The van der Waals surface area contributed by atoms with E-state index < -0.39 is 0 Å². The molecule has 0 fully saturated rings. The van der Waals surface area contributed by atoms with E-state index in [2.05, 4.69) is 19.9 Å². The van der Waals surface area contributed by atoms with Crippen LogP contribution in [0.2, 0.25) is 0 Å². The Hall–Kier alpha value is -0.790. The van der Waals surface area contributed by atoms with Crippen molar-refractivity contribution < 1.29 is 4.79 Å². The van der Waals surface area contributed by atoms with Crippen molar-refractivity contribution in [3.63, 3.8) is 0 Å². The summed E-state index contributed by atoms with van der Waals surface area (Å²) in [6.45, 7) is 6.45. The van der Waals surface area contributed by atoms with Gasteiger partial charge in [0.15, 0.2) is 0 Å². The van der Waals surface area contributed by atoms with E-state index in [4.69, 9.17) is 5.73 Å². The lowest BCUT2D eigenvalue weighted by Crippen LogP contribution is -2.24. The van der Waals surface area contributed by atoms with E-state index in [0.717, 1.165) is 24.7 Å². The van der Waals surface area contributed by atoms with Crippen molar-refractivity contribution in [2.24, 2.45) is 23.5 Å². The highest BCUT2D eigenvalue weighted by molar-refractivity contribution is 5.79. The first-order valence-electron chi connectivity index (χ1n) is 5.99. The minimum atomic E-state index is -0.191. The summed E-state index contributed by atoms with van der Waals surface area (Å²) in [5, 5.41) is 0. The van der Waals surface area contributed by atoms with Crippen molar-refractivity contribution in [3.8, 4) is 0 Å². The van der Waals surface area contributed by atoms with Gasteiger partial charge in [-0.05, 0) is 44.4 Å². The summed E-state index contributed by atoms with van der Waals surface area (Å²) in [7, 11) is 0. The van der Waals surface area contributed by atoms with E-state index >= 15 is 0 Å². The van der Waals surface area contributed by atoms with Crippen LogP contribution >= 0.6 is 0 Å². The van der Waals surface area contributed by atoms with Gasteiger partial charge in [-0.25, -0.2) is 0 Å². The second-order valence-electron chi connectivity index (χ2n) is 5.17. The van der Waals surface area contributed by atoms with Crippen LogP contribution in [0.5, 0.6) is 0 Å². The topological polar surface area (TPSA) is 43.1 Å². The Kier molecular flexibility index (Phi) is 4.37. The van der Waals surface area contributed by atoms with Gasteiger partial charge in [-0.1, -0.05) is 25.5 Å². The van der Waals surface area contributed by atoms with Gasteiger partial charge < -0.3 is 5.73 Å². The highest BCUT2D eigenvalue weighted by Gasteiger charge is 2.21. The van der Waals surface area contributed by atoms with E-state index in [1.807, 2.05) is 6.92 Å². The number of carbonyl (C=O) groups excluding carboxylic acids is 1. The fourth-order valence-electron chi connectivity index (χ4n) is 2.37. The predicted molar refractivity (Wildman–Crippen MR) is 63.2 cm³/mol. The number of hydrogen-bond donors (Lipinski definition) is 1. The summed E-state index contributed by atoms with van der Waals surface area (Å²) < 4.78 is 0. The molecule has 2 N–H and O–H groups in total. The van der Waals surface area contributed by atoms with Crippen LogP contribution < -0.4 is 5.73 Å². The van der Waals surface area contributed by atoms with Gasteiger partial charge in [0, 0.05) is 0 Å². The fourth-order valence-corrected chi connectivity index (χ4v) is 2.37. The molecule has 0 aliphatic heterocycles. The molecule has 0 heterocycles. The van der Waals surface area contributed by atoms with Crippen molar-refractivity contribution in [1.29, 1.82) is 0 Å². The zero-order valence-corrected chi connectivity index (χ0v) is 10.1. The largest absolute Gasteiger partial charge is 0.369 e. The molecule has 0 saturated heterocycles. The lowest BCUT2D eigenvalue weighted by molar-refractivity contribution is -0.120.